The van der Waals surface area contributed by atoms with Crippen LogP contribution in [0.5, 0.6) is 0 Å². The number of esters is 1. The summed E-state index contributed by atoms with van der Waals surface area (Å²) in [7, 11) is 1.39. The van der Waals surface area contributed by atoms with E-state index < -0.39 is 12.2 Å². The first-order valence-electron chi connectivity index (χ1n) is 11.6. The van der Waals surface area contributed by atoms with Crippen LogP contribution in [0.3, 0.4) is 0 Å². The van der Waals surface area contributed by atoms with Gasteiger partial charge in [-0.05, 0) is 49.9 Å². The zero-order valence-corrected chi connectivity index (χ0v) is 18.9. The third-order valence-corrected chi connectivity index (χ3v) is 7.07. The first-order valence-corrected chi connectivity index (χ1v) is 11.6. The molecular weight excluding hydrogens is 380 g/mol. The van der Waals surface area contributed by atoms with Crippen LogP contribution < -0.4 is 0 Å². The summed E-state index contributed by atoms with van der Waals surface area (Å²) in [4.78, 5) is 23.5. The van der Waals surface area contributed by atoms with Crippen LogP contribution in [0.15, 0.2) is 24.3 Å². The molecule has 0 aromatic heterocycles. The number of aliphatic hydroxyl groups is 2. The molecule has 0 spiro atoms. The van der Waals surface area contributed by atoms with Crippen molar-refractivity contribution in [3.8, 4) is 0 Å². The number of unbranched alkanes of at least 4 members (excludes halogenated alkanes) is 1. The molecule has 2 aliphatic carbocycles. The van der Waals surface area contributed by atoms with Gasteiger partial charge in [0.1, 0.15) is 5.78 Å². The Bertz CT molecular complexity index is 625. The van der Waals surface area contributed by atoms with Crippen molar-refractivity contribution in [3.63, 3.8) is 0 Å². The maximum absolute atomic E-state index is 12.4. The second-order valence-electron chi connectivity index (χ2n) is 9.48. The highest BCUT2D eigenvalue weighted by Crippen LogP contribution is 2.46. The highest BCUT2D eigenvalue weighted by atomic mass is 16.5. The van der Waals surface area contributed by atoms with Gasteiger partial charge in [0.05, 0.1) is 19.3 Å². The minimum atomic E-state index is -0.678. The molecule has 0 bridgehead atoms. The van der Waals surface area contributed by atoms with E-state index in [9.17, 15) is 19.8 Å². The number of ether oxygens (including phenoxy) is 1. The summed E-state index contributed by atoms with van der Waals surface area (Å²) >= 11 is 0. The molecule has 0 radical (unpaired) electrons. The fourth-order valence-electron chi connectivity index (χ4n) is 5.14. The summed E-state index contributed by atoms with van der Waals surface area (Å²) in [5.74, 6) is 0.0748. The van der Waals surface area contributed by atoms with Crippen molar-refractivity contribution >= 4 is 11.8 Å². The summed E-state index contributed by atoms with van der Waals surface area (Å²) in [5.41, 5.74) is -0.112. The van der Waals surface area contributed by atoms with E-state index in [2.05, 4.69) is 18.6 Å². The number of hydrogen-bond donors (Lipinski definition) is 2. The highest BCUT2D eigenvalue weighted by molar-refractivity contribution is 5.84. The lowest BCUT2D eigenvalue weighted by Crippen LogP contribution is -2.29. The summed E-state index contributed by atoms with van der Waals surface area (Å²) in [5, 5.41) is 21.2. The van der Waals surface area contributed by atoms with E-state index in [0.717, 1.165) is 25.7 Å². The largest absolute Gasteiger partial charge is 0.469 e. The summed E-state index contributed by atoms with van der Waals surface area (Å²) in [6.07, 6.45) is 14.7. The smallest absolute Gasteiger partial charge is 0.305 e. The lowest BCUT2D eigenvalue weighted by molar-refractivity contribution is -0.140. The van der Waals surface area contributed by atoms with E-state index in [4.69, 9.17) is 0 Å². The maximum atomic E-state index is 12.4. The van der Waals surface area contributed by atoms with Crippen LogP contribution in [0.25, 0.3) is 0 Å². The van der Waals surface area contributed by atoms with Crippen LogP contribution in [0.4, 0.5) is 0 Å². The van der Waals surface area contributed by atoms with Gasteiger partial charge in [-0.3, -0.25) is 9.59 Å². The van der Waals surface area contributed by atoms with E-state index >= 15 is 0 Å². The topological polar surface area (TPSA) is 83.8 Å². The van der Waals surface area contributed by atoms with E-state index in [1.807, 2.05) is 24.3 Å². The van der Waals surface area contributed by atoms with Crippen molar-refractivity contribution < 1.29 is 24.5 Å². The molecule has 0 aliphatic heterocycles. The summed E-state index contributed by atoms with van der Waals surface area (Å²) in [6.45, 7) is 4.36. The Morgan fingerprint density at radius 2 is 2.13 bits per heavy atom. The average molecular weight is 421 g/mol. The summed E-state index contributed by atoms with van der Waals surface area (Å²) < 4.78 is 4.62. The second kappa shape index (κ2) is 11.8. The Kier molecular flexibility index (Phi) is 9.76. The minimum Gasteiger partial charge on any atom is -0.469 e. The number of aliphatic hydroxyl groups excluding tert-OH is 2. The predicted octanol–water partition coefficient (Wildman–Crippen LogP) is 4.37. The predicted molar refractivity (Wildman–Crippen MR) is 118 cm³/mol. The van der Waals surface area contributed by atoms with Crippen LogP contribution >= 0.6 is 0 Å². The molecule has 2 fully saturated rings. The lowest BCUT2D eigenvalue weighted by Gasteiger charge is -2.29. The van der Waals surface area contributed by atoms with E-state index in [-0.39, 0.29) is 35.4 Å². The number of ketones is 1. The first-order chi connectivity index (χ1) is 14.3. The molecule has 2 saturated carbocycles. The Balaban J connectivity index is 1.89. The van der Waals surface area contributed by atoms with Crippen LogP contribution in [-0.4, -0.2) is 41.3 Å². The molecule has 0 heterocycles. The van der Waals surface area contributed by atoms with Crippen molar-refractivity contribution in [1.29, 1.82) is 0 Å². The zero-order chi connectivity index (χ0) is 22.1. The zero-order valence-electron chi connectivity index (χ0n) is 18.9. The van der Waals surface area contributed by atoms with Crippen LogP contribution in [0, 0.1) is 23.2 Å². The Morgan fingerprint density at radius 1 is 1.37 bits per heavy atom. The molecule has 2 unspecified atom stereocenters. The Morgan fingerprint density at radius 3 is 2.83 bits per heavy atom. The van der Waals surface area contributed by atoms with Gasteiger partial charge < -0.3 is 14.9 Å². The van der Waals surface area contributed by atoms with Gasteiger partial charge in [-0.25, -0.2) is 0 Å². The number of hydrogen-bond acceptors (Lipinski definition) is 5. The molecule has 2 rings (SSSR count). The maximum Gasteiger partial charge on any atom is 0.305 e. The lowest BCUT2D eigenvalue weighted by atomic mass is 9.80. The Labute approximate surface area is 181 Å². The van der Waals surface area contributed by atoms with Crippen LogP contribution in [0.1, 0.15) is 78.1 Å². The number of allylic oxidation sites excluding steroid dienone is 2. The van der Waals surface area contributed by atoms with Crippen molar-refractivity contribution in [2.24, 2.45) is 23.2 Å². The van der Waals surface area contributed by atoms with Gasteiger partial charge in [-0.2, -0.15) is 0 Å². The average Bonchev–Trinajstić information content (AvgIpc) is 3.22. The van der Waals surface area contributed by atoms with Crippen molar-refractivity contribution in [1.82, 2.24) is 0 Å². The van der Waals surface area contributed by atoms with Gasteiger partial charge in [-0.1, -0.05) is 51.0 Å². The molecule has 30 heavy (non-hydrogen) atoms. The van der Waals surface area contributed by atoms with E-state index in [1.165, 1.54) is 26.4 Å². The van der Waals surface area contributed by atoms with Gasteiger partial charge in [0.15, 0.2) is 0 Å². The van der Waals surface area contributed by atoms with Gasteiger partial charge in [0, 0.05) is 24.7 Å². The molecule has 0 saturated heterocycles. The van der Waals surface area contributed by atoms with Crippen LogP contribution in [-0.2, 0) is 14.3 Å². The second-order valence-corrected chi connectivity index (χ2v) is 9.48. The SMILES string of the molecule is CCCC1CCC(C)([C@H](O)/C=C/[C@H]2[C@H](O)CC(=O)[C@@H]2C/C=C\CCCC(=O)OC)C1. The van der Waals surface area contributed by atoms with E-state index in [1.54, 1.807) is 0 Å². The Hall–Kier alpha value is -1.46. The fraction of sp³-hybridized carbons (Fsp3) is 0.760. The van der Waals surface area contributed by atoms with Gasteiger partial charge in [0.2, 0.25) is 0 Å². The van der Waals surface area contributed by atoms with Crippen molar-refractivity contribution in [3.05, 3.63) is 24.3 Å². The summed E-state index contributed by atoms with van der Waals surface area (Å²) in [6, 6.07) is 0. The molecule has 2 aliphatic rings. The quantitative estimate of drug-likeness (QED) is 0.295. The molecule has 6 atom stereocenters. The molecule has 0 amide bonds. The minimum absolute atomic E-state index is 0.0842. The molecule has 5 heteroatoms. The number of carbonyl (C=O) groups excluding carboxylic acids is 2. The standard InChI is InChI=1S/C25H40O5/c1-4-9-18-14-15-25(2,17-18)23(28)13-12-20-19(21(26)16-22(20)27)10-7-5-6-8-11-24(29)30-3/h5,7,12-13,18-20,22-23,27-28H,4,6,8-11,14-17H2,1-3H3/b7-5-,13-12+/t18?,19-,20-,22-,23-,25?/m1/s1. The van der Waals surface area contributed by atoms with Crippen LogP contribution in [0.2, 0.25) is 0 Å². The first kappa shape index (κ1) is 24.8. The number of Topliss-reactive ketones (excluding diaryl/α,β-unsaturated/α-hetero) is 1. The molecule has 0 aromatic rings. The third-order valence-electron chi connectivity index (χ3n) is 7.07. The highest BCUT2D eigenvalue weighted by Gasteiger charge is 2.41. The monoisotopic (exact) mass is 420 g/mol. The third kappa shape index (κ3) is 6.78. The van der Waals surface area contributed by atoms with Gasteiger partial charge in [-0.15, -0.1) is 0 Å². The number of carbonyl (C=O) groups is 2. The van der Waals surface area contributed by atoms with Gasteiger partial charge in [0.25, 0.3) is 0 Å². The van der Waals surface area contributed by atoms with Crippen molar-refractivity contribution in [2.45, 2.75) is 90.3 Å². The normalized spacial score (nSPS) is 33.0. The van der Waals surface area contributed by atoms with E-state index in [0.29, 0.717) is 18.8 Å². The van der Waals surface area contributed by atoms with Crippen molar-refractivity contribution in [2.75, 3.05) is 7.11 Å². The molecule has 170 valence electrons. The molecule has 0 aromatic carbocycles. The molecular formula is C25H40O5. The molecule has 2 N–H and O–H groups in total. The molecule has 5 nitrogen and oxygen atoms in total. The fourth-order valence-corrected chi connectivity index (χ4v) is 5.14. The van der Waals surface area contributed by atoms with Gasteiger partial charge >= 0.3 is 5.97 Å². The number of rotatable bonds is 11. The number of methoxy groups -OCH3 is 1.